The first kappa shape index (κ1) is 23.4. The number of hydrogen-bond acceptors (Lipinski definition) is 5. The molecule has 0 aromatic heterocycles. The summed E-state index contributed by atoms with van der Waals surface area (Å²) in [6, 6.07) is 6.91. The Morgan fingerprint density at radius 3 is 2.03 bits per heavy atom. The molecule has 0 bridgehead atoms. The number of nitrogens with one attached hydrogen (secondary N) is 1. The van der Waals surface area contributed by atoms with E-state index in [-0.39, 0.29) is 10.5 Å². The van der Waals surface area contributed by atoms with Crippen molar-refractivity contribution in [3.05, 3.63) is 65.2 Å². The summed E-state index contributed by atoms with van der Waals surface area (Å²) in [6.45, 7) is 2.89. The number of aryl methyl sites for hydroxylation is 1. The molecule has 0 heterocycles. The summed E-state index contributed by atoms with van der Waals surface area (Å²) in [5.41, 5.74) is -0.427. The SMILES string of the molecule is Cc1ccc(S(=O)(=O)N[C@H](C(=O)O)[C@H](C)OC(=O)c2ccc(C(F)(F)F)cc2)cc1. The quantitative estimate of drug-likeness (QED) is 0.634. The number of carbonyl (C=O) groups is 2. The van der Waals surface area contributed by atoms with Crippen molar-refractivity contribution in [1.29, 1.82) is 0 Å². The van der Waals surface area contributed by atoms with Crippen molar-refractivity contribution in [3.8, 4) is 0 Å². The van der Waals surface area contributed by atoms with E-state index >= 15 is 0 Å². The van der Waals surface area contributed by atoms with Crippen LogP contribution in [0.4, 0.5) is 13.2 Å². The van der Waals surface area contributed by atoms with Crippen LogP contribution >= 0.6 is 0 Å². The minimum absolute atomic E-state index is 0.180. The van der Waals surface area contributed by atoms with E-state index < -0.39 is 45.8 Å². The van der Waals surface area contributed by atoms with Gasteiger partial charge in [0, 0.05) is 0 Å². The molecule has 30 heavy (non-hydrogen) atoms. The van der Waals surface area contributed by atoms with Crippen molar-refractivity contribution in [2.75, 3.05) is 0 Å². The van der Waals surface area contributed by atoms with Crippen molar-refractivity contribution in [3.63, 3.8) is 0 Å². The lowest BCUT2D eigenvalue weighted by molar-refractivity contribution is -0.141. The van der Waals surface area contributed by atoms with Crippen LogP contribution in [0.15, 0.2) is 53.4 Å². The third-order valence-corrected chi connectivity index (χ3v) is 5.55. The van der Waals surface area contributed by atoms with E-state index in [0.717, 1.165) is 24.6 Å². The van der Waals surface area contributed by atoms with Crippen molar-refractivity contribution in [2.24, 2.45) is 0 Å². The highest BCUT2D eigenvalue weighted by atomic mass is 32.2. The molecule has 2 aromatic carbocycles. The minimum Gasteiger partial charge on any atom is -0.480 e. The van der Waals surface area contributed by atoms with Gasteiger partial charge in [0.1, 0.15) is 6.10 Å². The molecule has 0 spiro atoms. The number of carbonyl (C=O) groups excluding carboxylic acids is 1. The Morgan fingerprint density at radius 1 is 1.03 bits per heavy atom. The van der Waals surface area contributed by atoms with Crippen LogP contribution in [-0.2, 0) is 25.7 Å². The van der Waals surface area contributed by atoms with Gasteiger partial charge in [0.2, 0.25) is 10.0 Å². The van der Waals surface area contributed by atoms with Gasteiger partial charge >= 0.3 is 18.1 Å². The van der Waals surface area contributed by atoms with Gasteiger partial charge in [-0.15, -0.1) is 0 Å². The monoisotopic (exact) mass is 445 g/mol. The van der Waals surface area contributed by atoms with Gasteiger partial charge in [-0.1, -0.05) is 17.7 Å². The van der Waals surface area contributed by atoms with Crippen molar-refractivity contribution >= 4 is 22.0 Å². The molecule has 0 radical (unpaired) electrons. The van der Waals surface area contributed by atoms with E-state index in [1.54, 1.807) is 6.92 Å². The maximum Gasteiger partial charge on any atom is 0.416 e. The van der Waals surface area contributed by atoms with Gasteiger partial charge in [0.05, 0.1) is 16.0 Å². The first-order valence-electron chi connectivity index (χ1n) is 8.51. The van der Waals surface area contributed by atoms with Gasteiger partial charge < -0.3 is 9.84 Å². The maximum absolute atomic E-state index is 12.6. The summed E-state index contributed by atoms with van der Waals surface area (Å²) in [5.74, 6) is -2.70. The standard InChI is InChI=1S/C19H18F3NO6S/c1-11-3-9-15(10-4-11)30(27,28)23-16(17(24)25)12(2)29-18(26)13-5-7-14(8-6-13)19(20,21)22/h3-10,12,16,23H,1-2H3,(H,24,25)/t12-,16-/m0/s1. The number of esters is 1. The average Bonchev–Trinajstić information content (AvgIpc) is 2.65. The molecule has 0 aliphatic carbocycles. The predicted octanol–water partition coefficient (Wildman–Crippen LogP) is 2.99. The fourth-order valence-corrected chi connectivity index (χ4v) is 3.66. The second kappa shape index (κ2) is 8.84. The third kappa shape index (κ3) is 5.80. The number of ether oxygens (including phenoxy) is 1. The number of carboxylic acids is 1. The van der Waals surface area contributed by atoms with E-state index in [4.69, 9.17) is 4.74 Å². The van der Waals surface area contributed by atoms with E-state index in [2.05, 4.69) is 0 Å². The molecular weight excluding hydrogens is 427 g/mol. The molecular formula is C19H18F3NO6S. The number of aliphatic carboxylic acids is 1. The molecule has 0 saturated carbocycles. The first-order valence-corrected chi connectivity index (χ1v) is 9.99. The molecule has 162 valence electrons. The fraction of sp³-hybridized carbons (Fsp3) is 0.263. The lowest BCUT2D eigenvalue weighted by Crippen LogP contribution is -2.49. The van der Waals surface area contributed by atoms with Crippen LogP contribution < -0.4 is 4.72 Å². The van der Waals surface area contributed by atoms with Crippen LogP contribution in [0.5, 0.6) is 0 Å². The fourth-order valence-electron chi connectivity index (χ4n) is 2.40. The molecule has 11 heteroatoms. The molecule has 2 rings (SSSR count). The molecule has 2 N–H and O–H groups in total. The Balaban J connectivity index is 2.15. The Kier molecular flexibility index (Phi) is 6.88. The highest BCUT2D eigenvalue weighted by Gasteiger charge is 2.33. The smallest absolute Gasteiger partial charge is 0.416 e. The van der Waals surface area contributed by atoms with Crippen molar-refractivity contribution in [1.82, 2.24) is 4.72 Å². The number of carboxylic acid groups (broad SMARTS) is 1. The largest absolute Gasteiger partial charge is 0.480 e. The molecule has 7 nitrogen and oxygen atoms in total. The number of alkyl halides is 3. The Labute approximate surface area is 170 Å². The predicted molar refractivity (Wildman–Crippen MR) is 99.2 cm³/mol. The average molecular weight is 445 g/mol. The van der Waals surface area contributed by atoms with Gasteiger partial charge in [-0.25, -0.2) is 13.2 Å². The lowest BCUT2D eigenvalue weighted by Gasteiger charge is -2.22. The van der Waals surface area contributed by atoms with E-state index in [1.807, 2.05) is 4.72 Å². The van der Waals surface area contributed by atoms with Crippen LogP contribution in [0.3, 0.4) is 0 Å². The van der Waals surface area contributed by atoms with Crippen molar-refractivity contribution in [2.45, 2.75) is 37.1 Å². The molecule has 0 fully saturated rings. The molecule has 0 aliphatic rings. The molecule has 2 aromatic rings. The van der Waals surface area contributed by atoms with Gasteiger partial charge in [-0.3, -0.25) is 4.79 Å². The normalized spacial score (nSPS) is 14.0. The summed E-state index contributed by atoms with van der Waals surface area (Å²) in [7, 11) is -4.24. The minimum atomic E-state index is -4.58. The van der Waals surface area contributed by atoms with Crippen LogP contribution in [0.2, 0.25) is 0 Å². The van der Waals surface area contributed by atoms with Gasteiger partial charge in [0.25, 0.3) is 0 Å². The molecule has 0 unspecified atom stereocenters. The highest BCUT2D eigenvalue weighted by molar-refractivity contribution is 7.89. The highest BCUT2D eigenvalue weighted by Crippen LogP contribution is 2.29. The van der Waals surface area contributed by atoms with Gasteiger partial charge in [0.15, 0.2) is 6.04 Å². The first-order chi connectivity index (χ1) is 13.8. The van der Waals surface area contributed by atoms with Crippen molar-refractivity contribution < 1.29 is 41.0 Å². The van der Waals surface area contributed by atoms with E-state index in [0.29, 0.717) is 12.1 Å². The number of rotatable bonds is 7. The Hall–Kier alpha value is -2.92. The zero-order chi connectivity index (χ0) is 22.7. The molecule has 2 atom stereocenters. The summed E-state index contributed by atoms with van der Waals surface area (Å²) in [6.07, 6.45) is -6.05. The third-order valence-electron chi connectivity index (χ3n) is 4.09. The second-order valence-corrected chi connectivity index (χ2v) is 8.15. The number of hydrogen-bond donors (Lipinski definition) is 2. The summed E-state index contributed by atoms with van der Waals surface area (Å²) in [4.78, 5) is 23.5. The van der Waals surface area contributed by atoms with E-state index in [9.17, 15) is 36.3 Å². The zero-order valence-electron chi connectivity index (χ0n) is 15.8. The summed E-state index contributed by atoms with van der Waals surface area (Å²) in [5, 5.41) is 9.36. The number of benzene rings is 2. The van der Waals surface area contributed by atoms with Crippen LogP contribution in [0, 0.1) is 6.92 Å². The lowest BCUT2D eigenvalue weighted by atomic mass is 10.1. The molecule has 0 aliphatic heterocycles. The topological polar surface area (TPSA) is 110 Å². The summed E-state index contributed by atoms with van der Waals surface area (Å²) >= 11 is 0. The van der Waals surface area contributed by atoms with E-state index in [1.165, 1.54) is 24.3 Å². The van der Waals surface area contributed by atoms with Gasteiger partial charge in [-0.2, -0.15) is 17.9 Å². The number of sulfonamides is 1. The number of halogens is 3. The Morgan fingerprint density at radius 2 is 1.57 bits per heavy atom. The Bertz CT molecular complexity index is 1020. The maximum atomic E-state index is 12.6. The summed E-state index contributed by atoms with van der Waals surface area (Å²) < 4.78 is 69.6. The second-order valence-electron chi connectivity index (χ2n) is 6.44. The van der Waals surface area contributed by atoms with Crippen LogP contribution in [0.25, 0.3) is 0 Å². The zero-order valence-corrected chi connectivity index (χ0v) is 16.6. The molecule has 0 amide bonds. The molecule has 0 saturated heterocycles. The van der Waals surface area contributed by atoms with Crippen LogP contribution in [0.1, 0.15) is 28.4 Å². The van der Waals surface area contributed by atoms with Gasteiger partial charge in [-0.05, 0) is 50.2 Å². The van der Waals surface area contributed by atoms with Crippen LogP contribution in [-0.4, -0.2) is 37.6 Å².